The number of nitrogens with zero attached hydrogens (tertiary/aromatic N) is 1. The predicted octanol–water partition coefficient (Wildman–Crippen LogP) is 3.88. The van der Waals surface area contributed by atoms with Gasteiger partial charge in [0.05, 0.1) is 11.3 Å². The highest BCUT2D eigenvalue weighted by Gasteiger charge is 2.13. The maximum Gasteiger partial charge on any atom is 0.269 e. The van der Waals surface area contributed by atoms with Crippen LogP contribution in [0.3, 0.4) is 0 Å². The van der Waals surface area contributed by atoms with Crippen molar-refractivity contribution in [3.8, 4) is 5.75 Å². The van der Waals surface area contributed by atoms with Crippen LogP contribution in [0.5, 0.6) is 5.75 Å². The van der Waals surface area contributed by atoms with Crippen LogP contribution in [0.2, 0.25) is 5.02 Å². The first-order valence-corrected chi connectivity index (χ1v) is 10.0. The van der Waals surface area contributed by atoms with Crippen molar-refractivity contribution in [1.82, 2.24) is 5.32 Å². The molecule has 2 aromatic rings. The van der Waals surface area contributed by atoms with Crippen molar-refractivity contribution in [2.45, 2.75) is 18.4 Å². The van der Waals surface area contributed by atoms with E-state index < -0.39 is 5.91 Å². The van der Waals surface area contributed by atoms with Crippen molar-refractivity contribution in [2.75, 3.05) is 12.3 Å². The molecule has 0 radical (unpaired) electrons. The zero-order chi connectivity index (χ0) is 18.2. The topological polar surface area (TPSA) is 95.1 Å². The Hall–Kier alpha value is -1.77. The number of hydrogen-bond acceptors (Lipinski definition) is 7. The van der Waals surface area contributed by atoms with Gasteiger partial charge in [-0.3, -0.25) is 4.79 Å². The Morgan fingerprint density at radius 1 is 1.40 bits per heavy atom. The lowest BCUT2D eigenvalue weighted by Crippen LogP contribution is -2.33. The summed E-state index contributed by atoms with van der Waals surface area (Å²) < 4.78 is 5.31. The molecule has 134 valence electrons. The van der Waals surface area contributed by atoms with Crippen LogP contribution in [0.15, 0.2) is 45.2 Å². The molecule has 0 spiro atoms. The molecule has 3 N–H and O–H groups in total. The Labute approximate surface area is 158 Å². The first kappa shape index (κ1) is 19.6. The maximum absolute atomic E-state index is 12.1. The maximum atomic E-state index is 12.1. The van der Waals surface area contributed by atoms with E-state index in [4.69, 9.17) is 21.2 Å². The summed E-state index contributed by atoms with van der Waals surface area (Å²) >= 11 is 5.83. The molecule has 0 aliphatic carbocycles. The number of halogens is 1. The van der Waals surface area contributed by atoms with Crippen LogP contribution in [0.4, 0.5) is 0 Å². The van der Waals surface area contributed by atoms with Gasteiger partial charge in [0.1, 0.15) is 11.5 Å². The van der Waals surface area contributed by atoms with Crippen molar-refractivity contribution in [1.29, 1.82) is 0 Å². The average Bonchev–Trinajstić information content (AvgIpc) is 3.00. The predicted molar refractivity (Wildman–Crippen MR) is 101 cm³/mol. The molecule has 0 atom stereocenters. The van der Waals surface area contributed by atoms with Crippen molar-refractivity contribution >= 4 is 44.8 Å². The molecule has 0 saturated heterocycles. The molecule has 25 heavy (non-hydrogen) atoms. The van der Waals surface area contributed by atoms with Crippen LogP contribution < -0.4 is 5.32 Å². The first-order chi connectivity index (χ1) is 12.0. The number of hydrogen-bond donors (Lipinski definition) is 3. The lowest BCUT2D eigenvalue weighted by Gasteiger charge is -2.07. The van der Waals surface area contributed by atoms with Crippen LogP contribution >= 0.6 is 33.2 Å². The van der Waals surface area contributed by atoms with Gasteiger partial charge in [0.2, 0.25) is 0 Å². The van der Waals surface area contributed by atoms with Gasteiger partial charge in [-0.15, -0.1) is 0 Å². The summed E-state index contributed by atoms with van der Waals surface area (Å²) in [5, 5.41) is 25.2. The SMILES string of the molecule is Cc1ccoc1SSCCNC(=O)/C(Cc1ccc(O)c(Cl)c1)=N\O. The van der Waals surface area contributed by atoms with Crippen LogP contribution in [-0.4, -0.2) is 34.2 Å². The minimum atomic E-state index is -0.452. The van der Waals surface area contributed by atoms with Gasteiger partial charge in [-0.25, -0.2) is 0 Å². The molecule has 0 saturated carbocycles. The highest BCUT2D eigenvalue weighted by atomic mass is 35.5. The number of aromatic hydroxyl groups is 1. The minimum Gasteiger partial charge on any atom is -0.506 e. The molecule has 0 fully saturated rings. The van der Waals surface area contributed by atoms with Gasteiger partial charge in [0, 0.05) is 24.3 Å². The van der Waals surface area contributed by atoms with Crippen molar-refractivity contribution < 1.29 is 19.5 Å². The largest absolute Gasteiger partial charge is 0.506 e. The van der Waals surface area contributed by atoms with Crippen molar-refractivity contribution in [3.63, 3.8) is 0 Å². The zero-order valence-electron chi connectivity index (χ0n) is 13.4. The molecule has 0 aliphatic rings. The minimum absolute atomic E-state index is 0.0266. The first-order valence-electron chi connectivity index (χ1n) is 7.31. The monoisotopic (exact) mass is 400 g/mol. The van der Waals surface area contributed by atoms with Gasteiger partial charge < -0.3 is 20.0 Å². The number of carbonyl (C=O) groups excluding carboxylic acids is 1. The third-order valence-corrected chi connectivity index (χ3v) is 5.86. The van der Waals surface area contributed by atoms with Crippen molar-refractivity contribution in [3.05, 3.63) is 46.7 Å². The summed E-state index contributed by atoms with van der Waals surface area (Å²) in [4.78, 5) is 12.1. The summed E-state index contributed by atoms with van der Waals surface area (Å²) in [6.07, 6.45) is 1.75. The van der Waals surface area contributed by atoms with Gasteiger partial charge in [-0.2, -0.15) is 0 Å². The fourth-order valence-corrected chi connectivity index (χ4v) is 4.07. The van der Waals surface area contributed by atoms with Crippen molar-refractivity contribution in [2.24, 2.45) is 5.16 Å². The van der Waals surface area contributed by atoms with Gasteiger partial charge >= 0.3 is 0 Å². The quantitative estimate of drug-likeness (QED) is 0.205. The third kappa shape index (κ3) is 5.91. The summed E-state index contributed by atoms with van der Waals surface area (Å²) in [5.41, 5.74) is 1.70. The number of furan rings is 1. The fourth-order valence-electron chi connectivity index (χ4n) is 1.86. The number of phenols is 1. The summed E-state index contributed by atoms with van der Waals surface area (Å²) in [6, 6.07) is 6.45. The van der Waals surface area contributed by atoms with Crippen LogP contribution in [0.1, 0.15) is 11.1 Å². The normalized spacial score (nSPS) is 11.5. The highest BCUT2D eigenvalue weighted by Crippen LogP contribution is 2.33. The Morgan fingerprint density at radius 3 is 2.84 bits per heavy atom. The van der Waals surface area contributed by atoms with Gasteiger partial charge in [0.25, 0.3) is 5.91 Å². The second-order valence-electron chi connectivity index (χ2n) is 5.06. The molecule has 1 aromatic carbocycles. The van der Waals surface area contributed by atoms with Crippen LogP contribution in [0, 0.1) is 6.92 Å². The van der Waals surface area contributed by atoms with Crippen LogP contribution in [-0.2, 0) is 11.2 Å². The summed E-state index contributed by atoms with van der Waals surface area (Å²) in [7, 11) is 3.06. The van der Waals surface area contributed by atoms with E-state index in [-0.39, 0.29) is 22.9 Å². The second-order valence-corrected chi connectivity index (χ2v) is 7.86. The van der Waals surface area contributed by atoms with E-state index in [9.17, 15) is 9.90 Å². The molecule has 1 amide bonds. The van der Waals surface area contributed by atoms with Gasteiger partial charge in [-0.1, -0.05) is 33.6 Å². The molecule has 0 unspecified atom stereocenters. The summed E-state index contributed by atoms with van der Waals surface area (Å²) in [5.74, 6) is 0.172. The molecule has 2 rings (SSSR count). The smallest absolute Gasteiger partial charge is 0.269 e. The molecule has 9 heteroatoms. The van der Waals surface area contributed by atoms with E-state index in [0.29, 0.717) is 17.9 Å². The zero-order valence-corrected chi connectivity index (χ0v) is 15.7. The van der Waals surface area contributed by atoms with E-state index in [2.05, 4.69) is 10.5 Å². The van der Waals surface area contributed by atoms with Gasteiger partial charge in [-0.05, 0) is 41.5 Å². The van der Waals surface area contributed by atoms with Crippen LogP contribution in [0.25, 0.3) is 0 Å². The number of amides is 1. The number of carbonyl (C=O) groups is 1. The molecule has 1 aromatic heterocycles. The molecular weight excluding hydrogens is 384 g/mol. The van der Waals surface area contributed by atoms with E-state index in [0.717, 1.165) is 10.7 Å². The second kappa shape index (κ2) is 9.65. The Kier molecular flexibility index (Phi) is 7.54. The third-order valence-electron chi connectivity index (χ3n) is 3.19. The van der Waals surface area contributed by atoms with E-state index in [1.165, 1.54) is 22.9 Å². The number of phenolic OH excluding ortho intramolecular Hbond substituents is 1. The Balaban J connectivity index is 1.76. The Bertz CT molecular complexity index is 764. The number of oxime groups is 1. The average molecular weight is 401 g/mol. The molecule has 1 heterocycles. The lowest BCUT2D eigenvalue weighted by atomic mass is 10.1. The number of rotatable bonds is 8. The molecule has 0 aliphatic heterocycles. The lowest BCUT2D eigenvalue weighted by molar-refractivity contribution is -0.114. The van der Waals surface area contributed by atoms with Gasteiger partial charge in [0.15, 0.2) is 5.09 Å². The molecular formula is C16H17ClN2O4S2. The van der Waals surface area contributed by atoms with E-state index in [1.807, 2.05) is 13.0 Å². The Morgan fingerprint density at radius 2 is 2.20 bits per heavy atom. The number of nitrogens with one attached hydrogen (secondary N) is 1. The fraction of sp³-hybridized carbons (Fsp3) is 0.250. The standard InChI is InChI=1S/C16H17ClN2O4S2/c1-10-4-6-23-16(10)25-24-7-5-18-15(21)13(19-22)9-11-2-3-14(20)12(17)8-11/h2-4,6,8,20,22H,5,7,9H2,1H3,(H,18,21)/b19-13-. The highest BCUT2D eigenvalue weighted by molar-refractivity contribution is 8.76. The number of benzene rings is 1. The molecule has 6 nitrogen and oxygen atoms in total. The summed E-state index contributed by atoms with van der Waals surface area (Å²) in [6.45, 7) is 2.39. The van der Waals surface area contributed by atoms with E-state index in [1.54, 1.807) is 23.1 Å². The van der Waals surface area contributed by atoms with E-state index >= 15 is 0 Å². The molecule has 0 bridgehead atoms. The number of aryl methyl sites for hydroxylation is 1.